The second-order valence-corrected chi connectivity index (χ2v) is 12.6. The molecule has 1 aromatic heterocycles. The smallest absolute Gasteiger partial charge is 0.271 e. The van der Waals surface area contributed by atoms with Gasteiger partial charge < -0.3 is 20.9 Å². The summed E-state index contributed by atoms with van der Waals surface area (Å²) < 4.78 is 0. The van der Waals surface area contributed by atoms with Gasteiger partial charge in [-0.3, -0.25) is 9.59 Å². The maximum Gasteiger partial charge on any atom is 0.271 e. The third kappa shape index (κ3) is 6.74. The van der Waals surface area contributed by atoms with Crippen LogP contribution in [0, 0.1) is 5.92 Å². The number of hydrogen-bond acceptors (Lipinski definition) is 7. The van der Waals surface area contributed by atoms with Crippen LogP contribution in [0.2, 0.25) is 0 Å². The molecule has 3 heterocycles. The molecule has 43 heavy (non-hydrogen) atoms. The lowest BCUT2D eigenvalue weighted by Gasteiger charge is -2.40. The number of piperidine rings is 2. The van der Waals surface area contributed by atoms with E-state index in [2.05, 4.69) is 51.3 Å². The van der Waals surface area contributed by atoms with E-state index in [0.29, 0.717) is 24.0 Å². The molecule has 2 atom stereocenters. The number of carbonyl (C=O) groups excluding carboxylic acids is 2. The van der Waals surface area contributed by atoms with Crippen molar-refractivity contribution in [1.29, 1.82) is 0 Å². The largest absolute Gasteiger partial charge is 0.364 e. The van der Waals surface area contributed by atoms with E-state index < -0.39 is 5.91 Å². The highest BCUT2D eigenvalue weighted by Gasteiger charge is 2.32. The number of rotatable bonds is 9. The zero-order chi connectivity index (χ0) is 29.8. The van der Waals surface area contributed by atoms with Gasteiger partial charge in [-0.2, -0.15) is 0 Å². The van der Waals surface area contributed by atoms with Crippen molar-refractivity contribution in [2.45, 2.75) is 82.7 Å². The van der Waals surface area contributed by atoms with Crippen LogP contribution in [0.5, 0.6) is 0 Å². The number of likely N-dealkylation sites (tertiary alicyclic amines) is 1. The van der Waals surface area contributed by atoms with Crippen molar-refractivity contribution in [2.75, 3.05) is 29.9 Å². The number of benzene rings is 2. The standard InChI is InChI=1S/C35H44N6O2/c1-24-28(22-31(42)27-8-3-2-4-9-27)10-7-19-41(24)32-23-37-33(34(36)43)35(39-32)38-29-15-13-25(14-16-29)26-17-20-40(21-18-26)30-11-5-6-12-30/h2-4,8-9,13-16,23-24,26,28,30H,5-7,10-12,17-22H2,1H3,(H2,36,43)(H,38,39)/t24-,28-/m0/s1. The normalized spacial score (nSPS) is 22.0. The van der Waals surface area contributed by atoms with E-state index in [4.69, 9.17) is 10.7 Å². The summed E-state index contributed by atoms with van der Waals surface area (Å²) >= 11 is 0. The fourth-order valence-corrected chi connectivity index (χ4v) is 7.43. The van der Waals surface area contributed by atoms with Gasteiger partial charge in [-0.25, -0.2) is 9.97 Å². The molecule has 2 aromatic carbocycles. The van der Waals surface area contributed by atoms with E-state index in [0.717, 1.165) is 36.7 Å². The Morgan fingerprint density at radius 2 is 1.63 bits per heavy atom. The summed E-state index contributed by atoms with van der Waals surface area (Å²) in [6, 6.07) is 18.9. The number of hydrogen-bond donors (Lipinski definition) is 2. The van der Waals surface area contributed by atoms with E-state index in [1.165, 1.54) is 57.2 Å². The van der Waals surface area contributed by atoms with Crippen LogP contribution in [0.1, 0.15) is 97.0 Å². The first-order valence-corrected chi connectivity index (χ1v) is 16.1. The average Bonchev–Trinajstić information content (AvgIpc) is 3.58. The first kappa shape index (κ1) is 29.3. The average molecular weight is 581 g/mol. The summed E-state index contributed by atoms with van der Waals surface area (Å²) in [5, 5.41) is 3.32. The molecule has 8 heteroatoms. The van der Waals surface area contributed by atoms with Crippen LogP contribution in [0.4, 0.5) is 17.3 Å². The Morgan fingerprint density at radius 1 is 0.907 bits per heavy atom. The number of carbonyl (C=O) groups is 2. The van der Waals surface area contributed by atoms with Gasteiger partial charge in [-0.15, -0.1) is 0 Å². The van der Waals surface area contributed by atoms with Crippen LogP contribution in [0.25, 0.3) is 0 Å². The zero-order valence-electron chi connectivity index (χ0n) is 25.3. The van der Waals surface area contributed by atoms with Crippen LogP contribution >= 0.6 is 0 Å². The molecule has 3 aliphatic rings. The lowest BCUT2D eigenvalue weighted by Crippen LogP contribution is -2.44. The van der Waals surface area contributed by atoms with Crippen molar-refractivity contribution in [3.8, 4) is 0 Å². The summed E-state index contributed by atoms with van der Waals surface area (Å²) in [6.07, 6.45) is 12.0. The van der Waals surface area contributed by atoms with Crippen LogP contribution < -0.4 is 16.0 Å². The fraction of sp³-hybridized carbons (Fsp3) is 0.486. The number of ketones is 1. The molecule has 0 bridgehead atoms. The summed E-state index contributed by atoms with van der Waals surface area (Å²) in [5.41, 5.74) is 8.78. The molecule has 0 radical (unpaired) electrons. The molecule has 1 aliphatic carbocycles. The number of primary amides is 1. The van der Waals surface area contributed by atoms with Crippen molar-refractivity contribution in [1.82, 2.24) is 14.9 Å². The van der Waals surface area contributed by atoms with E-state index >= 15 is 0 Å². The lowest BCUT2D eigenvalue weighted by atomic mass is 9.85. The highest BCUT2D eigenvalue weighted by molar-refractivity contribution is 5.97. The molecular formula is C35H44N6O2. The maximum absolute atomic E-state index is 13.0. The number of anilines is 3. The van der Waals surface area contributed by atoms with Crippen molar-refractivity contribution in [3.63, 3.8) is 0 Å². The maximum atomic E-state index is 13.0. The molecular weight excluding hydrogens is 536 g/mol. The third-order valence-corrected chi connectivity index (χ3v) is 9.99. The van der Waals surface area contributed by atoms with Gasteiger partial charge in [0.15, 0.2) is 17.3 Å². The quantitative estimate of drug-likeness (QED) is 0.286. The number of nitrogens with one attached hydrogen (secondary N) is 1. The highest BCUT2D eigenvalue weighted by atomic mass is 16.1. The Balaban J connectivity index is 1.13. The number of nitrogens with two attached hydrogens (primary N) is 1. The SMILES string of the molecule is C[C@H]1[C@H](CC(=O)c2ccccc2)CCCN1c1cnc(C(N)=O)c(Nc2ccc(C3CCN(C4CCCC4)CC3)cc2)n1. The van der Waals surface area contributed by atoms with Gasteiger partial charge in [0.2, 0.25) is 0 Å². The number of amides is 1. The van der Waals surface area contributed by atoms with Gasteiger partial charge in [0, 0.05) is 36.3 Å². The Labute approximate surface area is 255 Å². The van der Waals surface area contributed by atoms with Crippen LogP contribution in [0.15, 0.2) is 60.8 Å². The minimum atomic E-state index is -0.620. The van der Waals surface area contributed by atoms with Gasteiger partial charge in [0.05, 0.1) is 6.20 Å². The Hall–Kier alpha value is -3.78. The van der Waals surface area contributed by atoms with Gasteiger partial charge in [-0.1, -0.05) is 55.3 Å². The zero-order valence-corrected chi connectivity index (χ0v) is 25.3. The van der Waals surface area contributed by atoms with Crippen LogP contribution in [-0.2, 0) is 0 Å². The van der Waals surface area contributed by atoms with E-state index in [-0.39, 0.29) is 23.4 Å². The Bertz CT molecular complexity index is 1400. The number of nitrogens with zero attached hydrogens (tertiary/aromatic N) is 4. The summed E-state index contributed by atoms with van der Waals surface area (Å²) in [5.74, 6) is 1.37. The van der Waals surface area contributed by atoms with Crippen LogP contribution in [0.3, 0.4) is 0 Å². The molecule has 1 amide bonds. The summed E-state index contributed by atoms with van der Waals surface area (Å²) in [4.78, 5) is 39.4. The lowest BCUT2D eigenvalue weighted by molar-refractivity contribution is 0.0944. The Kier molecular flexibility index (Phi) is 9.03. The second-order valence-electron chi connectivity index (χ2n) is 12.6. The van der Waals surface area contributed by atoms with E-state index in [1.54, 1.807) is 6.20 Å². The van der Waals surface area contributed by atoms with Gasteiger partial charge in [-0.05, 0) is 88.1 Å². The summed E-state index contributed by atoms with van der Waals surface area (Å²) in [7, 11) is 0. The van der Waals surface area contributed by atoms with E-state index in [9.17, 15) is 9.59 Å². The molecule has 3 N–H and O–H groups in total. The minimum absolute atomic E-state index is 0.0994. The minimum Gasteiger partial charge on any atom is -0.364 e. The number of aromatic nitrogens is 2. The molecule has 8 nitrogen and oxygen atoms in total. The van der Waals surface area contributed by atoms with Crippen molar-refractivity contribution >= 4 is 29.0 Å². The van der Waals surface area contributed by atoms with Gasteiger partial charge in [0.25, 0.3) is 5.91 Å². The monoisotopic (exact) mass is 580 g/mol. The summed E-state index contributed by atoms with van der Waals surface area (Å²) in [6.45, 7) is 5.34. The third-order valence-electron chi connectivity index (χ3n) is 9.99. The molecule has 2 aliphatic heterocycles. The van der Waals surface area contributed by atoms with E-state index in [1.807, 2.05) is 30.3 Å². The second kappa shape index (κ2) is 13.2. The van der Waals surface area contributed by atoms with Gasteiger partial charge >= 0.3 is 0 Å². The predicted octanol–water partition coefficient (Wildman–Crippen LogP) is 6.32. The predicted molar refractivity (Wildman–Crippen MR) is 171 cm³/mol. The van der Waals surface area contributed by atoms with Crippen molar-refractivity contribution in [2.24, 2.45) is 11.7 Å². The molecule has 2 saturated heterocycles. The molecule has 3 fully saturated rings. The number of Topliss-reactive ketones (excluding diaryl/α,β-unsaturated/α-hetero) is 1. The first-order chi connectivity index (χ1) is 21.0. The molecule has 0 unspecified atom stereocenters. The topological polar surface area (TPSA) is 104 Å². The van der Waals surface area contributed by atoms with Crippen LogP contribution in [-0.4, -0.2) is 58.3 Å². The molecule has 0 spiro atoms. The van der Waals surface area contributed by atoms with Crippen molar-refractivity contribution in [3.05, 3.63) is 77.6 Å². The fourth-order valence-electron chi connectivity index (χ4n) is 7.43. The highest BCUT2D eigenvalue weighted by Crippen LogP contribution is 2.34. The Morgan fingerprint density at radius 3 is 2.33 bits per heavy atom. The first-order valence-electron chi connectivity index (χ1n) is 16.1. The van der Waals surface area contributed by atoms with Crippen molar-refractivity contribution < 1.29 is 9.59 Å². The van der Waals surface area contributed by atoms with Gasteiger partial charge in [0.1, 0.15) is 5.82 Å². The molecule has 1 saturated carbocycles. The molecule has 3 aromatic rings. The molecule has 6 rings (SSSR count). The molecule has 226 valence electrons.